The van der Waals surface area contributed by atoms with E-state index in [2.05, 4.69) is 56.4 Å². The summed E-state index contributed by atoms with van der Waals surface area (Å²) in [5, 5.41) is 21.6. The minimum Gasteiger partial charge on any atom is -0.484 e. The Morgan fingerprint density at radius 3 is 2.00 bits per heavy atom. The topological polar surface area (TPSA) is 95.9 Å². The lowest BCUT2D eigenvalue weighted by Crippen LogP contribution is -2.33. The van der Waals surface area contributed by atoms with Gasteiger partial charge in [0.2, 0.25) is 0 Å². The van der Waals surface area contributed by atoms with Gasteiger partial charge in [-0.15, -0.1) is 0 Å². The first-order valence-electron chi connectivity index (χ1n) is 12.8. The molecule has 1 amide bonds. The number of aryl methyl sites for hydroxylation is 2. The van der Waals surface area contributed by atoms with E-state index in [0.29, 0.717) is 18.6 Å². The maximum Gasteiger partial charge on any atom is 0.322 e. The number of carbonyl (C=O) groups is 2. The van der Waals surface area contributed by atoms with Crippen molar-refractivity contribution in [2.75, 3.05) is 13.2 Å². The summed E-state index contributed by atoms with van der Waals surface area (Å²) >= 11 is 0. The number of carbonyl (C=O) groups excluding carboxylic acids is 1. The number of aliphatic hydroxyl groups is 1. The number of carboxylic acid groups (broad SMARTS) is 1. The second-order valence-corrected chi connectivity index (χ2v) is 9.44. The molecule has 0 saturated heterocycles. The van der Waals surface area contributed by atoms with Gasteiger partial charge in [0.15, 0.2) is 6.61 Å². The van der Waals surface area contributed by atoms with Crippen LogP contribution in [0.3, 0.4) is 0 Å². The second-order valence-electron chi connectivity index (χ2n) is 9.44. The summed E-state index contributed by atoms with van der Waals surface area (Å²) in [5.41, 5.74) is 4.64. The highest BCUT2D eigenvalue weighted by atomic mass is 16.5. The smallest absolute Gasteiger partial charge is 0.322 e. The zero-order chi connectivity index (χ0) is 26.9. The van der Waals surface area contributed by atoms with Crippen LogP contribution in [0, 0.1) is 13.8 Å². The lowest BCUT2D eigenvalue weighted by atomic mass is 9.70. The summed E-state index contributed by atoms with van der Waals surface area (Å²) in [6.45, 7) is 11.8. The maximum absolute atomic E-state index is 11.8. The van der Waals surface area contributed by atoms with E-state index in [9.17, 15) is 14.7 Å². The summed E-state index contributed by atoms with van der Waals surface area (Å²) in [4.78, 5) is 22.4. The van der Waals surface area contributed by atoms with Crippen molar-refractivity contribution in [2.24, 2.45) is 0 Å². The van der Waals surface area contributed by atoms with Crippen molar-refractivity contribution in [3.63, 3.8) is 0 Å². The number of amides is 1. The SMILES string of the molecule is CCC(O)(/C=C/c1ccc(C(CC)(CC)c2ccc(OCC(=O)NCC(=O)O)c(C)c2)cc1C)CC. The monoisotopic (exact) mass is 495 g/mol. The van der Waals surface area contributed by atoms with Gasteiger partial charge in [0, 0.05) is 5.41 Å². The van der Waals surface area contributed by atoms with Crippen molar-refractivity contribution in [3.8, 4) is 5.75 Å². The molecule has 0 fully saturated rings. The zero-order valence-corrected chi connectivity index (χ0v) is 22.5. The first kappa shape index (κ1) is 29.1. The van der Waals surface area contributed by atoms with Crippen LogP contribution in [0.25, 0.3) is 6.08 Å². The van der Waals surface area contributed by atoms with Crippen LogP contribution in [0.5, 0.6) is 5.75 Å². The molecule has 0 heterocycles. The predicted molar refractivity (Wildman–Crippen MR) is 144 cm³/mol. The molecule has 2 aromatic carbocycles. The van der Waals surface area contributed by atoms with Crippen LogP contribution < -0.4 is 10.1 Å². The van der Waals surface area contributed by atoms with Gasteiger partial charge in [0.1, 0.15) is 12.3 Å². The molecule has 196 valence electrons. The van der Waals surface area contributed by atoms with Crippen molar-refractivity contribution in [1.29, 1.82) is 0 Å². The number of rotatable bonds is 13. The summed E-state index contributed by atoms with van der Waals surface area (Å²) in [6, 6.07) is 12.6. The highest BCUT2D eigenvalue weighted by molar-refractivity contribution is 5.82. The summed E-state index contributed by atoms with van der Waals surface area (Å²) < 4.78 is 5.65. The Kier molecular flexibility index (Phi) is 10.3. The second kappa shape index (κ2) is 12.7. The number of hydrogen-bond donors (Lipinski definition) is 3. The third kappa shape index (κ3) is 6.97. The number of aliphatic carboxylic acids is 1. The van der Waals surface area contributed by atoms with Gasteiger partial charge < -0.3 is 20.3 Å². The molecule has 3 N–H and O–H groups in total. The lowest BCUT2D eigenvalue weighted by Gasteiger charge is -2.34. The quantitative estimate of drug-likeness (QED) is 0.338. The molecule has 6 nitrogen and oxygen atoms in total. The van der Waals surface area contributed by atoms with Crippen LogP contribution in [0.2, 0.25) is 0 Å². The van der Waals surface area contributed by atoms with Gasteiger partial charge in [0.25, 0.3) is 5.91 Å². The Balaban J connectivity index is 2.31. The summed E-state index contributed by atoms with van der Waals surface area (Å²) in [5.74, 6) is -0.971. The fraction of sp³-hybridized carbons (Fsp3) is 0.467. The Morgan fingerprint density at radius 1 is 0.917 bits per heavy atom. The van der Waals surface area contributed by atoms with Gasteiger partial charge in [-0.05, 0) is 73.4 Å². The van der Waals surface area contributed by atoms with Gasteiger partial charge in [-0.3, -0.25) is 9.59 Å². The van der Waals surface area contributed by atoms with Crippen molar-refractivity contribution in [3.05, 3.63) is 70.3 Å². The molecule has 0 saturated carbocycles. The maximum atomic E-state index is 11.8. The minimum absolute atomic E-state index is 0.178. The van der Waals surface area contributed by atoms with Crippen LogP contribution in [0.15, 0.2) is 42.5 Å². The standard InChI is InChI=1S/C30H41NO5/c1-7-29(35,8-2)16-15-23-11-12-24(17-21(23)5)30(9-3,10-4)25-13-14-26(22(6)18-25)36-20-27(32)31-19-28(33)34/h11-18,35H,7-10,19-20H2,1-6H3,(H,31,32)(H,33,34)/b16-15+. The molecule has 0 aromatic heterocycles. The van der Waals surface area contributed by atoms with Crippen LogP contribution in [0.4, 0.5) is 0 Å². The molecular formula is C30H41NO5. The molecule has 36 heavy (non-hydrogen) atoms. The van der Waals surface area contributed by atoms with E-state index >= 15 is 0 Å². The fourth-order valence-electron chi connectivity index (χ4n) is 4.60. The van der Waals surface area contributed by atoms with Gasteiger partial charge in [0.05, 0.1) is 5.60 Å². The molecule has 0 aliphatic heterocycles. The predicted octanol–water partition coefficient (Wildman–Crippen LogP) is 5.55. The highest BCUT2D eigenvalue weighted by Crippen LogP contribution is 2.41. The van der Waals surface area contributed by atoms with Gasteiger partial charge in [-0.1, -0.05) is 70.2 Å². The van der Waals surface area contributed by atoms with Crippen molar-refractivity contribution < 1.29 is 24.5 Å². The normalized spacial score (nSPS) is 12.1. The van der Waals surface area contributed by atoms with Gasteiger partial charge in [-0.2, -0.15) is 0 Å². The Hall–Kier alpha value is -3.12. The zero-order valence-electron chi connectivity index (χ0n) is 22.5. The molecule has 0 unspecified atom stereocenters. The Bertz CT molecular complexity index is 1080. The first-order chi connectivity index (χ1) is 17.0. The van der Waals surface area contributed by atoms with Crippen LogP contribution in [0.1, 0.15) is 81.2 Å². The van der Waals surface area contributed by atoms with Crippen LogP contribution >= 0.6 is 0 Å². The Morgan fingerprint density at radius 2 is 1.50 bits per heavy atom. The van der Waals surface area contributed by atoms with E-state index in [-0.39, 0.29) is 12.0 Å². The van der Waals surface area contributed by atoms with Gasteiger partial charge >= 0.3 is 5.97 Å². The van der Waals surface area contributed by atoms with E-state index in [1.807, 2.05) is 39.0 Å². The van der Waals surface area contributed by atoms with Gasteiger partial charge in [-0.25, -0.2) is 0 Å². The molecule has 0 spiro atoms. The number of nitrogens with one attached hydrogen (secondary N) is 1. The van der Waals surface area contributed by atoms with Crippen molar-refractivity contribution in [2.45, 2.75) is 78.2 Å². The highest BCUT2D eigenvalue weighted by Gasteiger charge is 2.31. The van der Waals surface area contributed by atoms with Crippen LogP contribution in [-0.4, -0.2) is 40.8 Å². The van der Waals surface area contributed by atoms with E-state index in [1.54, 1.807) is 0 Å². The van der Waals surface area contributed by atoms with Crippen molar-refractivity contribution >= 4 is 18.0 Å². The number of ether oxygens (including phenoxy) is 1. The third-order valence-corrected chi connectivity index (χ3v) is 7.35. The summed E-state index contributed by atoms with van der Waals surface area (Å²) in [6.07, 6.45) is 7.12. The first-order valence-corrected chi connectivity index (χ1v) is 12.8. The molecule has 0 aliphatic carbocycles. The van der Waals surface area contributed by atoms with Crippen molar-refractivity contribution in [1.82, 2.24) is 5.32 Å². The number of carboxylic acids is 1. The molecule has 6 heteroatoms. The molecule has 2 aromatic rings. The van der Waals surface area contributed by atoms with E-state index in [1.165, 1.54) is 11.1 Å². The molecule has 0 bridgehead atoms. The molecular weight excluding hydrogens is 454 g/mol. The largest absolute Gasteiger partial charge is 0.484 e. The minimum atomic E-state index is -1.10. The molecule has 2 rings (SSSR count). The van der Waals surface area contributed by atoms with E-state index in [4.69, 9.17) is 9.84 Å². The average Bonchev–Trinajstić information content (AvgIpc) is 2.87. The molecule has 0 aliphatic rings. The number of hydrogen-bond acceptors (Lipinski definition) is 4. The van der Waals surface area contributed by atoms with E-state index < -0.39 is 24.0 Å². The average molecular weight is 496 g/mol. The molecule has 0 radical (unpaired) electrons. The van der Waals surface area contributed by atoms with Crippen LogP contribution in [-0.2, 0) is 15.0 Å². The lowest BCUT2D eigenvalue weighted by molar-refractivity contribution is -0.138. The Labute approximate surface area is 215 Å². The van der Waals surface area contributed by atoms with E-state index in [0.717, 1.165) is 29.5 Å². The summed E-state index contributed by atoms with van der Waals surface area (Å²) in [7, 11) is 0. The third-order valence-electron chi connectivity index (χ3n) is 7.35. The fourth-order valence-corrected chi connectivity index (χ4v) is 4.60. The molecule has 0 atom stereocenters. The number of benzene rings is 2.